The molecule has 1 unspecified atom stereocenters. The van der Waals surface area contributed by atoms with Crippen LogP contribution >= 0.6 is 15.9 Å². The number of hydrogen-bond acceptors (Lipinski definition) is 3. The van der Waals surface area contributed by atoms with E-state index < -0.39 is 11.9 Å². The summed E-state index contributed by atoms with van der Waals surface area (Å²) in [5.74, 6) is -2.05. The highest BCUT2D eigenvalue weighted by molar-refractivity contribution is 9.09. The zero-order valence-electron chi connectivity index (χ0n) is 10.3. The molecule has 0 radical (unpaired) electrons. The molecule has 0 aliphatic rings. The van der Waals surface area contributed by atoms with Gasteiger partial charge in [0.2, 0.25) is 0 Å². The maximum absolute atomic E-state index is 10.7. The minimum Gasteiger partial charge on any atom is -0.480 e. The number of nitrogens with zero attached hydrogens (tertiary/aromatic N) is 1. The zero-order chi connectivity index (χ0) is 14.3. The molecule has 1 aromatic rings. The second-order valence-corrected chi connectivity index (χ2v) is 5.54. The molecule has 0 aliphatic heterocycles. The fraction of sp³-hybridized carbons (Fsp3) is 0.385. The van der Waals surface area contributed by atoms with Crippen molar-refractivity contribution in [2.75, 3.05) is 19.6 Å². The summed E-state index contributed by atoms with van der Waals surface area (Å²) in [5, 5.41) is 17.5. The number of carboxylic acid groups (broad SMARTS) is 2. The van der Waals surface area contributed by atoms with Crippen LogP contribution in [0, 0.1) is 0 Å². The highest BCUT2D eigenvalue weighted by Crippen LogP contribution is 2.11. The van der Waals surface area contributed by atoms with E-state index >= 15 is 0 Å². The number of rotatable bonds is 8. The number of halogens is 1. The molecule has 1 atom stereocenters. The van der Waals surface area contributed by atoms with Gasteiger partial charge < -0.3 is 10.2 Å². The van der Waals surface area contributed by atoms with Gasteiger partial charge in [-0.25, -0.2) is 0 Å². The van der Waals surface area contributed by atoms with E-state index in [0.29, 0.717) is 6.54 Å². The van der Waals surface area contributed by atoms with Gasteiger partial charge in [-0.05, 0) is 12.0 Å². The number of benzene rings is 1. The predicted molar refractivity (Wildman–Crippen MR) is 74.6 cm³/mol. The summed E-state index contributed by atoms with van der Waals surface area (Å²) in [6.45, 7) is -0.181. The number of carboxylic acids is 2. The standard InChI is InChI=1S/C13H16BrNO4/c14-11(6-10-4-2-1-3-5-10)7-15(8-12(16)17)9-13(18)19/h1-5,11H,6-9H2,(H,16,17)(H,18,19). The van der Waals surface area contributed by atoms with Gasteiger partial charge >= 0.3 is 11.9 Å². The second-order valence-electron chi connectivity index (χ2n) is 4.24. The van der Waals surface area contributed by atoms with E-state index in [0.717, 1.165) is 12.0 Å². The fourth-order valence-electron chi connectivity index (χ4n) is 1.78. The Morgan fingerprint density at radius 2 is 1.63 bits per heavy atom. The average molecular weight is 330 g/mol. The largest absolute Gasteiger partial charge is 0.480 e. The topological polar surface area (TPSA) is 77.8 Å². The monoisotopic (exact) mass is 329 g/mol. The number of hydrogen-bond donors (Lipinski definition) is 2. The highest BCUT2D eigenvalue weighted by Gasteiger charge is 2.17. The van der Waals surface area contributed by atoms with Crippen LogP contribution in [0.3, 0.4) is 0 Å². The maximum Gasteiger partial charge on any atom is 0.317 e. The Bertz CT molecular complexity index is 408. The molecule has 0 aromatic heterocycles. The molecule has 0 saturated heterocycles. The van der Waals surface area contributed by atoms with Crippen molar-refractivity contribution in [2.24, 2.45) is 0 Å². The van der Waals surface area contributed by atoms with E-state index in [9.17, 15) is 9.59 Å². The first-order valence-corrected chi connectivity index (χ1v) is 6.73. The van der Waals surface area contributed by atoms with Gasteiger partial charge in [-0.3, -0.25) is 14.5 Å². The Morgan fingerprint density at radius 3 is 2.11 bits per heavy atom. The summed E-state index contributed by atoms with van der Waals surface area (Å²) in [6.07, 6.45) is 0.719. The third kappa shape index (κ3) is 6.93. The quantitative estimate of drug-likeness (QED) is 0.706. The third-order valence-corrected chi connectivity index (χ3v) is 3.09. The molecule has 0 aliphatic carbocycles. The molecule has 1 aromatic carbocycles. The van der Waals surface area contributed by atoms with Crippen LogP contribution in [0.1, 0.15) is 5.56 Å². The number of alkyl halides is 1. The van der Waals surface area contributed by atoms with Gasteiger partial charge in [0.1, 0.15) is 0 Å². The molecule has 1 rings (SSSR count). The lowest BCUT2D eigenvalue weighted by molar-refractivity contribution is -0.141. The smallest absolute Gasteiger partial charge is 0.317 e. The van der Waals surface area contributed by atoms with Crippen LogP contribution < -0.4 is 0 Å². The average Bonchev–Trinajstić information content (AvgIpc) is 2.27. The Hall–Kier alpha value is -1.40. The summed E-state index contributed by atoms with van der Waals surface area (Å²) in [7, 11) is 0. The summed E-state index contributed by atoms with van der Waals surface area (Å²) >= 11 is 3.47. The van der Waals surface area contributed by atoms with Crippen LogP contribution in [0.2, 0.25) is 0 Å². The van der Waals surface area contributed by atoms with Crippen molar-refractivity contribution in [2.45, 2.75) is 11.2 Å². The van der Waals surface area contributed by atoms with E-state index in [1.807, 2.05) is 30.3 Å². The van der Waals surface area contributed by atoms with Gasteiger partial charge in [0.15, 0.2) is 0 Å². The zero-order valence-corrected chi connectivity index (χ0v) is 11.9. The van der Waals surface area contributed by atoms with Crippen molar-refractivity contribution < 1.29 is 19.8 Å². The molecule has 19 heavy (non-hydrogen) atoms. The highest BCUT2D eigenvalue weighted by atomic mass is 79.9. The van der Waals surface area contributed by atoms with E-state index in [1.54, 1.807) is 0 Å². The minimum absolute atomic E-state index is 0.00796. The van der Waals surface area contributed by atoms with Crippen molar-refractivity contribution >= 4 is 27.9 Å². The maximum atomic E-state index is 10.7. The van der Waals surface area contributed by atoms with E-state index in [1.165, 1.54) is 4.90 Å². The Morgan fingerprint density at radius 1 is 1.11 bits per heavy atom. The molecule has 6 heteroatoms. The minimum atomic E-state index is -1.03. The van der Waals surface area contributed by atoms with Crippen LogP contribution in [0.15, 0.2) is 30.3 Å². The van der Waals surface area contributed by atoms with Crippen molar-refractivity contribution in [1.82, 2.24) is 4.90 Å². The molecule has 0 fully saturated rings. The van der Waals surface area contributed by atoms with E-state index in [4.69, 9.17) is 10.2 Å². The molecule has 0 saturated carbocycles. The first-order chi connectivity index (χ1) is 8.97. The lowest BCUT2D eigenvalue weighted by atomic mass is 10.1. The summed E-state index contributed by atoms with van der Waals surface area (Å²) in [4.78, 5) is 22.8. The molecule has 0 bridgehead atoms. The first kappa shape index (κ1) is 15.7. The van der Waals surface area contributed by atoms with Gasteiger partial charge in [-0.1, -0.05) is 46.3 Å². The van der Waals surface area contributed by atoms with E-state index in [2.05, 4.69) is 15.9 Å². The third-order valence-electron chi connectivity index (χ3n) is 2.47. The molecular formula is C13H16BrNO4. The Balaban J connectivity index is 2.52. The number of carbonyl (C=O) groups is 2. The van der Waals surface area contributed by atoms with Crippen LogP contribution in [-0.2, 0) is 16.0 Å². The summed E-state index contributed by atoms with van der Waals surface area (Å²) < 4.78 is 0. The van der Waals surface area contributed by atoms with Crippen LogP contribution in [0.25, 0.3) is 0 Å². The molecule has 2 N–H and O–H groups in total. The summed E-state index contributed by atoms with van der Waals surface area (Å²) in [6, 6.07) is 9.75. The van der Waals surface area contributed by atoms with Gasteiger partial charge in [-0.15, -0.1) is 0 Å². The van der Waals surface area contributed by atoms with Gasteiger partial charge in [-0.2, -0.15) is 0 Å². The number of aliphatic carboxylic acids is 2. The van der Waals surface area contributed by atoms with Gasteiger partial charge in [0.05, 0.1) is 13.1 Å². The molecule has 5 nitrogen and oxygen atoms in total. The van der Waals surface area contributed by atoms with Crippen molar-refractivity contribution in [1.29, 1.82) is 0 Å². The molecular weight excluding hydrogens is 314 g/mol. The molecule has 0 heterocycles. The predicted octanol–water partition coefficient (Wildman–Crippen LogP) is 1.46. The van der Waals surface area contributed by atoms with Gasteiger partial charge in [0, 0.05) is 11.4 Å². The molecule has 104 valence electrons. The fourth-order valence-corrected chi connectivity index (χ4v) is 2.57. The van der Waals surface area contributed by atoms with E-state index in [-0.39, 0.29) is 17.9 Å². The van der Waals surface area contributed by atoms with Gasteiger partial charge in [0.25, 0.3) is 0 Å². The Kier molecular flexibility index (Phi) is 6.52. The Labute approximate surface area is 120 Å². The lowest BCUT2D eigenvalue weighted by Crippen LogP contribution is -2.38. The SMILES string of the molecule is O=C(O)CN(CC(=O)O)CC(Br)Cc1ccccc1. The lowest BCUT2D eigenvalue weighted by Gasteiger charge is -2.21. The van der Waals surface area contributed by atoms with Crippen LogP contribution in [-0.4, -0.2) is 51.5 Å². The molecule has 0 spiro atoms. The van der Waals surface area contributed by atoms with Crippen molar-refractivity contribution in [3.8, 4) is 0 Å². The second kappa shape index (κ2) is 7.91. The first-order valence-electron chi connectivity index (χ1n) is 5.81. The van der Waals surface area contributed by atoms with Crippen molar-refractivity contribution in [3.05, 3.63) is 35.9 Å². The molecule has 0 amide bonds. The van der Waals surface area contributed by atoms with Crippen molar-refractivity contribution in [3.63, 3.8) is 0 Å². The summed E-state index contributed by atoms with van der Waals surface area (Å²) in [5.41, 5.74) is 1.12. The van der Waals surface area contributed by atoms with Crippen LogP contribution in [0.5, 0.6) is 0 Å². The normalized spacial score (nSPS) is 12.3. The van der Waals surface area contributed by atoms with Crippen LogP contribution in [0.4, 0.5) is 0 Å².